The topological polar surface area (TPSA) is 256 Å². The number of thioether (sulfide) groups is 1. The summed E-state index contributed by atoms with van der Waals surface area (Å²) in [5.74, 6) is -6.15. The molecule has 4 rings (SSSR count). The zero-order valence-corrected chi connectivity index (χ0v) is 35.9. The number of hydrogen-bond acceptors (Lipinski definition) is 13. The number of likely N-dealkylation sites (N-methyl/N-ethyl adjacent to an activating group) is 1. The maximum atomic E-state index is 14.1. The lowest BCUT2D eigenvalue weighted by molar-refractivity contribution is -0.161. The minimum absolute atomic E-state index is 0.0114. The van der Waals surface area contributed by atoms with E-state index in [0.29, 0.717) is 30.9 Å². The Bertz CT molecular complexity index is 1700. The lowest BCUT2D eigenvalue weighted by Crippen LogP contribution is -2.60. The molecule has 0 aromatic carbocycles. The van der Waals surface area contributed by atoms with Gasteiger partial charge in [-0.2, -0.15) is 0 Å². The number of aliphatic hydroxyl groups excluding tert-OH is 2. The molecule has 7 amide bonds. The molecule has 328 valence electrons. The van der Waals surface area contributed by atoms with Crippen molar-refractivity contribution in [3.05, 3.63) is 11.8 Å². The van der Waals surface area contributed by atoms with E-state index in [1.807, 2.05) is 13.8 Å². The van der Waals surface area contributed by atoms with Crippen LogP contribution < -0.4 is 21.3 Å². The molecule has 4 heterocycles. The van der Waals surface area contributed by atoms with Crippen molar-refractivity contribution in [2.45, 2.75) is 135 Å². The molecule has 0 saturated carbocycles. The molecule has 9 atom stereocenters. The maximum absolute atomic E-state index is 14.1. The smallest absolute Gasteiger partial charge is 0.329 e. The first-order chi connectivity index (χ1) is 27.8. The van der Waals surface area contributed by atoms with Gasteiger partial charge in [-0.05, 0) is 64.7 Å². The van der Waals surface area contributed by atoms with E-state index in [4.69, 9.17) is 4.74 Å². The zero-order valence-electron chi connectivity index (χ0n) is 35.1. The molecule has 59 heavy (non-hydrogen) atoms. The fourth-order valence-electron chi connectivity index (χ4n) is 7.66. The monoisotopic (exact) mass is 848 g/mol. The molecule has 2 bridgehead atoms. The van der Waals surface area contributed by atoms with Gasteiger partial charge in [0.1, 0.15) is 48.6 Å². The van der Waals surface area contributed by atoms with Gasteiger partial charge in [-0.25, -0.2) is 4.79 Å². The minimum atomic E-state index is -1.91. The highest BCUT2D eigenvalue weighted by Gasteiger charge is 2.43. The minimum Gasteiger partial charge on any atom is -0.461 e. The molecule has 2 fully saturated rings. The summed E-state index contributed by atoms with van der Waals surface area (Å²) in [6.07, 6.45) is 0.271. The van der Waals surface area contributed by atoms with Crippen LogP contribution in [0.1, 0.15) is 80.6 Å². The highest BCUT2D eigenvalue weighted by molar-refractivity contribution is 8.14. The molecule has 2 saturated heterocycles. The second-order valence-electron chi connectivity index (χ2n) is 16.3. The Hall–Kier alpha value is -4.56. The molecular formula is C39H60N8O11S. The molecule has 20 heteroatoms. The average molecular weight is 849 g/mol. The molecule has 6 N–H and O–H groups in total. The first-order valence-corrected chi connectivity index (χ1v) is 21.2. The molecule has 19 nitrogen and oxygen atoms in total. The molecule has 0 spiro atoms. The van der Waals surface area contributed by atoms with Gasteiger partial charge in [-0.3, -0.25) is 38.6 Å². The third kappa shape index (κ3) is 11.4. The average Bonchev–Trinajstić information content (AvgIpc) is 3.97. The van der Waals surface area contributed by atoms with Gasteiger partial charge in [0, 0.05) is 25.9 Å². The predicted octanol–water partition coefficient (Wildman–Crippen LogP) is -1.20. The van der Waals surface area contributed by atoms with E-state index in [9.17, 15) is 48.6 Å². The third-order valence-corrected chi connectivity index (χ3v) is 12.0. The van der Waals surface area contributed by atoms with Gasteiger partial charge in [0.15, 0.2) is 6.10 Å². The van der Waals surface area contributed by atoms with Crippen LogP contribution in [0.25, 0.3) is 0 Å². The number of carbonyl (C=O) groups excluding carboxylic acids is 8. The molecular weight excluding hydrogens is 789 g/mol. The number of rotatable bonds is 4. The van der Waals surface area contributed by atoms with Crippen LogP contribution in [-0.4, -0.2) is 164 Å². The summed E-state index contributed by atoms with van der Waals surface area (Å²) in [6.45, 7) is 11.0. The quantitative estimate of drug-likeness (QED) is 0.144. The summed E-state index contributed by atoms with van der Waals surface area (Å²) in [5.41, 5.74) is -0.0711. The Morgan fingerprint density at radius 2 is 1.51 bits per heavy atom. The molecule has 0 aliphatic carbocycles. The molecule has 4 aliphatic heterocycles. The van der Waals surface area contributed by atoms with Crippen molar-refractivity contribution in [1.82, 2.24) is 36.0 Å². The summed E-state index contributed by atoms with van der Waals surface area (Å²) >= 11 is 1.33. The van der Waals surface area contributed by atoms with Gasteiger partial charge in [0.25, 0.3) is 11.8 Å². The van der Waals surface area contributed by atoms with E-state index in [2.05, 4.69) is 26.3 Å². The van der Waals surface area contributed by atoms with Crippen LogP contribution in [0.2, 0.25) is 0 Å². The van der Waals surface area contributed by atoms with Crippen LogP contribution >= 0.6 is 11.8 Å². The van der Waals surface area contributed by atoms with Crippen LogP contribution in [0.4, 0.5) is 0 Å². The largest absolute Gasteiger partial charge is 0.461 e. The van der Waals surface area contributed by atoms with E-state index < -0.39 is 108 Å². The van der Waals surface area contributed by atoms with E-state index in [1.54, 1.807) is 25.7 Å². The predicted molar refractivity (Wildman–Crippen MR) is 216 cm³/mol. The van der Waals surface area contributed by atoms with E-state index in [-0.39, 0.29) is 42.7 Å². The number of aliphatic imine (C=N–C) groups is 1. The van der Waals surface area contributed by atoms with Crippen LogP contribution in [0.5, 0.6) is 0 Å². The molecule has 0 aromatic rings. The Labute approximate surface area is 348 Å². The summed E-state index contributed by atoms with van der Waals surface area (Å²) in [6, 6.07) is -7.40. The Kier molecular flexibility index (Phi) is 16.5. The number of amides is 7. The van der Waals surface area contributed by atoms with Crippen molar-refractivity contribution in [3.63, 3.8) is 0 Å². The highest BCUT2D eigenvalue weighted by Crippen LogP contribution is 2.30. The lowest BCUT2D eigenvalue weighted by Gasteiger charge is -2.34. The van der Waals surface area contributed by atoms with E-state index in [1.165, 1.54) is 43.6 Å². The second-order valence-corrected chi connectivity index (χ2v) is 17.3. The van der Waals surface area contributed by atoms with Crippen molar-refractivity contribution in [2.24, 2.45) is 16.8 Å². The van der Waals surface area contributed by atoms with Gasteiger partial charge in [0.2, 0.25) is 29.5 Å². The van der Waals surface area contributed by atoms with E-state index >= 15 is 0 Å². The van der Waals surface area contributed by atoms with Crippen LogP contribution in [0.15, 0.2) is 16.8 Å². The van der Waals surface area contributed by atoms with Crippen molar-refractivity contribution in [1.29, 1.82) is 0 Å². The van der Waals surface area contributed by atoms with Crippen molar-refractivity contribution in [2.75, 3.05) is 32.5 Å². The van der Waals surface area contributed by atoms with Crippen LogP contribution in [0.3, 0.4) is 0 Å². The van der Waals surface area contributed by atoms with Crippen LogP contribution in [0, 0.1) is 11.8 Å². The third-order valence-electron chi connectivity index (χ3n) is 10.8. The second kappa shape index (κ2) is 20.6. The Morgan fingerprint density at radius 3 is 2.12 bits per heavy atom. The lowest BCUT2D eigenvalue weighted by atomic mass is 10.0. The van der Waals surface area contributed by atoms with Gasteiger partial charge in [-0.15, -0.1) is 11.8 Å². The SMILES string of the molecule is C/C=C1\NC(=O)C2CSC(=N2)C2CCCN2C(=O)C(CC(C)C)NC(=O)C(C)NC(=O)C(O)COC(=O)C(C(C)C)N(C)C(=O)C(C(C)O)NC(=O)C2CCCN2C1=O. The first kappa shape index (κ1) is 47.1. The number of cyclic esters (lactones) is 1. The standard InChI is InChI=1S/C39H60N8O11S/c1-9-23-36(54)46-14-10-12-26(46)33(52)44-29(22(7)48)38(56)45(8)30(20(4)5)39(57)58-17-28(49)34(53)40-21(6)31(50)42-24(16-19(2)3)37(55)47-15-11-13-27(47)35-43-25(18-59-35)32(51)41-23/h9,19-22,24-30,48-49H,10-18H2,1-8H3,(H,40,53)(H,41,51)(H,42,50)(H,44,52)/b23-9-. The number of hydrogen-bond donors (Lipinski definition) is 6. The number of fused-ring (bicyclic) bond motifs is 4. The number of nitrogens with one attached hydrogen (secondary N) is 4. The zero-order chi connectivity index (χ0) is 43.9. The van der Waals surface area contributed by atoms with Crippen LogP contribution in [-0.2, 0) is 43.1 Å². The summed E-state index contributed by atoms with van der Waals surface area (Å²) in [5, 5.41) is 32.2. The van der Waals surface area contributed by atoms with E-state index in [0.717, 1.165) is 4.90 Å². The molecule has 0 aromatic heterocycles. The number of esters is 1. The number of nitrogens with zero attached hydrogens (tertiary/aromatic N) is 4. The molecule has 4 aliphatic rings. The maximum Gasteiger partial charge on any atom is 0.329 e. The number of ether oxygens (including phenoxy) is 1. The highest BCUT2D eigenvalue weighted by atomic mass is 32.2. The van der Waals surface area contributed by atoms with Crippen molar-refractivity contribution in [3.8, 4) is 0 Å². The number of aliphatic hydroxyl groups is 2. The van der Waals surface area contributed by atoms with Crippen molar-refractivity contribution >= 4 is 64.1 Å². The Balaban J connectivity index is 1.66. The molecule has 9 unspecified atom stereocenters. The van der Waals surface area contributed by atoms with Gasteiger partial charge in [0.05, 0.1) is 17.2 Å². The summed E-state index contributed by atoms with van der Waals surface area (Å²) in [4.78, 5) is 117. The first-order valence-electron chi connectivity index (χ1n) is 20.3. The summed E-state index contributed by atoms with van der Waals surface area (Å²) in [7, 11) is 1.28. The van der Waals surface area contributed by atoms with Gasteiger partial charge in [-0.1, -0.05) is 33.8 Å². The van der Waals surface area contributed by atoms with Gasteiger partial charge < -0.3 is 50.9 Å². The van der Waals surface area contributed by atoms with Gasteiger partial charge >= 0.3 is 5.97 Å². The number of carbonyl (C=O) groups is 8. The fraction of sp³-hybridized carbons (Fsp3) is 0.718. The molecule has 0 radical (unpaired) electrons. The summed E-state index contributed by atoms with van der Waals surface area (Å²) < 4.78 is 5.27. The fourth-order valence-corrected chi connectivity index (χ4v) is 8.85. The number of allylic oxidation sites excluding steroid dienone is 1. The normalized spacial score (nSPS) is 31.6. The van der Waals surface area contributed by atoms with Crippen molar-refractivity contribution < 1.29 is 53.3 Å². The Morgan fingerprint density at radius 1 is 0.864 bits per heavy atom.